The average molecular weight is 228 g/mol. The van der Waals surface area contributed by atoms with Crippen LogP contribution in [-0.4, -0.2) is 20.7 Å². The molecule has 0 unspecified atom stereocenters. The van der Waals surface area contributed by atoms with Gasteiger partial charge in [-0.2, -0.15) is 5.10 Å². The Hall–Kier alpha value is -2.43. The number of nitrogens with zero attached hydrogens (tertiary/aromatic N) is 3. The summed E-state index contributed by atoms with van der Waals surface area (Å²) in [7, 11) is 1.82. The number of carbonyl (C=O) groups excluding carboxylic acids is 1. The van der Waals surface area contributed by atoms with Crippen molar-refractivity contribution < 1.29 is 4.79 Å². The Bertz CT molecular complexity index is 530. The maximum absolute atomic E-state index is 11.6. The van der Waals surface area contributed by atoms with E-state index in [1.165, 1.54) is 6.08 Å². The van der Waals surface area contributed by atoms with Crippen LogP contribution < -0.4 is 5.32 Å². The van der Waals surface area contributed by atoms with Gasteiger partial charge in [-0.05, 0) is 24.3 Å². The highest BCUT2D eigenvalue weighted by Gasteiger charge is 1.98. The molecule has 0 saturated heterocycles. The van der Waals surface area contributed by atoms with E-state index in [0.717, 1.165) is 11.4 Å². The molecule has 0 atom stereocenters. The second kappa shape index (κ2) is 5.07. The molecule has 5 heteroatoms. The summed E-state index contributed by atoms with van der Waals surface area (Å²) in [6.07, 6.45) is 8.11. The monoisotopic (exact) mass is 228 g/mol. The fraction of sp³-hybridized carbons (Fsp3) is 0.0833. The van der Waals surface area contributed by atoms with Gasteiger partial charge in [0, 0.05) is 37.4 Å². The van der Waals surface area contributed by atoms with Gasteiger partial charge in [0.1, 0.15) is 0 Å². The van der Waals surface area contributed by atoms with Gasteiger partial charge in [0.05, 0.1) is 5.69 Å². The van der Waals surface area contributed by atoms with Crippen LogP contribution in [0.2, 0.25) is 0 Å². The highest BCUT2D eigenvalue weighted by atomic mass is 16.1. The topological polar surface area (TPSA) is 59.8 Å². The van der Waals surface area contributed by atoms with E-state index in [4.69, 9.17) is 0 Å². The Kier molecular flexibility index (Phi) is 3.30. The van der Waals surface area contributed by atoms with E-state index in [2.05, 4.69) is 15.4 Å². The molecular formula is C12H12N4O. The molecular weight excluding hydrogens is 216 g/mol. The number of aryl methyl sites for hydroxylation is 1. The van der Waals surface area contributed by atoms with Gasteiger partial charge in [-0.15, -0.1) is 0 Å². The summed E-state index contributed by atoms with van der Waals surface area (Å²) in [6.45, 7) is 0. The van der Waals surface area contributed by atoms with E-state index in [9.17, 15) is 4.79 Å². The van der Waals surface area contributed by atoms with Crippen molar-refractivity contribution in [3.05, 3.63) is 48.6 Å². The molecule has 0 radical (unpaired) electrons. The van der Waals surface area contributed by atoms with Gasteiger partial charge in [-0.1, -0.05) is 0 Å². The first-order valence-corrected chi connectivity index (χ1v) is 5.13. The van der Waals surface area contributed by atoms with Crippen LogP contribution in [0.25, 0.3) is 6.08 Å². The number of hydrogen-bond donors (Lipinski definition) is 1. The predicted octanol–water partition coefficient (Wildman–Crippen LogP) is 1.47. The molecule has 0 aromatic carbocycles. The van der Waals surface area contributed by atoms with Gasteiger partial charge in [-0.3, -0.25) is 14.5 Å². The summed E-state index contributed by atoms with van der Waals surface area (Å²) in [6, 6.07) is 5.29. The van der Waals surface area contributed by atoms with Gasteiger partial charge in [0.15, 0.2) is 0 Å². The lowest BCUT2D eigenvalue weighted by Crippen LogP contribution is -2.07. The molecule has 2 aromatic rings. The molecule has 1 N–H and O–H groups in total. The minimum atomic E-state index is -0.183. The summed E-state index contributed by atoms with van der Waals surface area (Å²) in [4.78, 5) is 15.4. The molecule has 0 spiro atoms. The Balaban J connectivity index is 1.99. The zero-order valence-electron chi connectivity index (χ0n) is 9.37. The quantitative estimate of drug-likeness (QED) is 0.809. The van der Waals surface area contributed by atoms with Crippen molar-refractivity contribution in [1.29, 1.82) is 0 Å². The van der Waals surface area contributed by atoms with E-state index < -0.39 is 0 Å². The Labute approximate surface area is 98.8 Å². The zero-order valence-corrected chi connectivity index (χ0v) is 9.37. The third-order valence-corrected chi connectivity index (χ3v) is 2.21. The highest BCUT2D eigenvalue weighted by Crippen LogP contribution is 2.04. The maximum atomic E-state index is 11.6. The smallest absolute Gasteiger partial charge is 0.248 e. The second-order valence-electron chi connectivity index (χ2n) is 3.44. The van der Waals surface area contributed by atoms with Crippen molar-refractivity contribution in [2.75, 3.05) is 5.32 Å². The van der Waals surface area contributed by atoms with E-state index >= 15 is 0 Å². The number of aromatic nitrogens is 3. The molecule has 0 aliphatic carbocycles. The number of hydrogen-bond acceptors (Lipinski definition) is 3. The highest BCUT2D eigenvalue weighted by molar-refractivity contribution is 6.01. The van der Waals surface area contributed by atoms with Crippen molar-refractivity contribution in [3.63, 3.8) is 0 Å². The number of nitrogens with one attached hydrogen (secondary N) is 1. The van der Waals surface area contributed by atoms with Crippen LogP contribution >= 0.6 is 0 Å². The first-order valence-electron chi connectivity index (χ1n) is 5.13. The van der Waals surface area contributed by atoms with E-state index in [1.807, 2.05) is 13.1 Å². The number of pyridine rings is 1. The van der Waals surface area contributed by atoms with Crippen molar-refractivity contribution in [2.45, 2.75) is 0 Å². The zero-order chi connectivity index (χ0) is 12.1. The molecule has 0 aliphatic heterocycles. The van der Waals surface area contributed by atoms with Crippen molar-refractivity contribution in [2.24, 2.45) is 7.05 Å². The molecule has 0 saturated carbocycles. The van der Waals surface area contributed by atoms with Gasteiger partial charge >= 0.3 is 0 Å². The Morgan fingerprint density at radius 1 is 1.29 bits per heavy atom. The number of carbonyl (C=O) groups is 1. The largest absolute Gasteiger partial charge is 0.322 e. The first kappa shape index (κ1) is 11.1. The molecule has 0 bridgehead atoms. The Morgan fingerprint density at radius 2 is 2.06 bits per heavy atom. The van der Waals surface area contributed by atoms with Crippen LogP contribution in [-0.2, 0) is 11.8 Å². The number of rotatable bonds is 3. The van der Waals surface area contributed by atoms with Gasteiger partial charge in [-0.25, -0.2) is 0 Å². The lowest BCUT2D eigenvalue weighted by Gasteiger charge is -2.00. The molecule has 2 heterocycles. The summed E-state index contributed by atoms with van der Waals surface area (Å²) < 4.78 is 1.69. The lowest BCUT2D eigenvalue weighted by atomic mass is 10.3. The van der Waals surface area contributed by atoms with Gasteiger partial charge in [0.25, 0.3) is 0 Å². The van der Waals surface area contributed by atoms with Gasteiger partial charge < -0.3 is 5.32 Å². The van der Waals surface area contributed by atoms with Crippen molar-refractivity contribution >= 4 is 17.7 Å². The van der Waals surface area contributed by atoms with E-state index in [-0.39, 0.29) is 5.91 Å². The first-order chi connectivity index (χ1) is 8.25. The molecule has 2 aromatic heterocycles. The van der Waals surface area contributed by atoms with Crippen LogP contribution in [0.15, 0.2) is 42.9 Å². The van der Waals surface area contributed by atoms with Gasteiger partial charge in [0.2, 0.25) is 5.91 Å². The van der Waals surface area contributed by atoms with Crippen LogP contribution in [0.4, 0.5) is 5.69 Å². The van der Waals surface area contributed by atoms with Crippen LogP contribution in [0.3, 0.4) is 0 Å². The third-order valence-electron chi connectivity index (χ3n) is 2.21. The summed E-state index contributed by atoms with van der Waals surface area (Å²) in [5, 5.41) is 6.73. The minimum Gasteiger partial charge on any atom is -0.322 e. The molecule has 0 fully saturated rings. The normalized spacial score (nSPS) is 10.6. The standard InChI is InChI=1S/C12H12N4O/c1-16-11(6-9-14-16)2-3-12(17)15-10-4-7-13-8-5-10/h2-9H,1H3,(H,13,15,17)/b3-2+. The van der Waals surface area contributed by atoms with Crippen molar-refractivity contribution in [1.82, 2.24) is 14.8 Å². The maximum Gasteiger partial charge on any atom is 0.248 e. The van der Waals surface area contributed by atoms with Crippen LogP contribution in [0.1, 0.15) is 5.69 Å². The molecule has 86 valence electrons. The molecule has 1 amide bonds. The van der Waals surface area contributed by atoms with Crippen LogP contribution in [0, 0.1) is 0 Å². The second-order valence-corrected chi connectivity index (χ2v) is 3.44. The summed E-state index contributed by atoms with van der Waals surface area (Å²) >= 11 is 0. The fourth-order valence-corrected chi connectivity index (χ4v) is 1.33. The van der Waals surface area contributed by atoms with E-state index in [1.54, 1.807) is 41.5 Å². The molecule has 0 aliphatic rings. The average Bonchev–Trinajstić information content (AvgIpc) is 2.74. The predicted molar refractivity (Wildman–Crippen MR) is 65.1 cm³/mol. The molecule has 5 nitrogen and oxygen atoms in total. The molecule has 17 heavy (non-hydrogen) atoms. The minimum absolute atomic E-state index is 0.183. The number of anilines is 1. The lowest BCUT2D eigenvalue weighted by molar-refractivity contribution is -0.111. The van der Waals surface area contributed by atoms with Crippen molar-refractivity contribution in [3.8, 4) is 0 Å². The number of amides is 1. The summed E-state index contributed by atoms with van der Waals surface area (Å²) in [5.41, 5.74) is 1.59. The molecule has 2 rings (SSSR count). The Morgan fingerprint density at radius 3 is 2.71 bits per heavy atom. The van der Waals surface area contributed by atoms with E-state index in [0.29, 0.717) is 0 Å². The fourth-order valence-electron chi connectivity index (χ4n) is 1.33. The van der Waals surface area contributed by atoms with Crippen LogP contribution in [0.5, 0.6) is 0 Å². The summed E-state index contributed by atoms with van der Waals surface area (Å²) in [5.74, 6) is -0.183. The third kappa shape index (κ3) is 3.01. The SMILES string of the molecule is Cn1nccc1/C=C/C(=O)Nc1ccncc1.